The molecule has 0 aliphatic carbocycles. The minimum atomic E-state index is 0.573. The Hall–Kier alpha value is -0.870. The van der Waals surface area contributed by atoms with E-state index in [1.54, 1.807) is 11.3 Å². The Balaban J connectivity index is 2.17. The first-order valence-electron chi connectivity index (χ1n) is 6.29. The second-order valence-electron chi connectivity index (χ2n) is 4.71. The molecule has 0 fully saturated rings. The smallest absolute Gasteiger partial charge is 0.194 e. The van der Waals surface area contributed by atoms with E-state index in [2.05, 4.69) is 47.8 Å². The van der Waals surface area contributed by atoms with Gasteiger partial charge in [-0.15, -0.1) is 11.3 Å². The zero-order valence-corrected chi connectivity index (χ0v) is 11.9. The fourth-order valence-electron chi connectivity index (χ4n) is 2.18. The Bertz CT molecular complexity index is 498. The normalized spacial score (nSPS) is 13.4. The number of aryl methyl sites for hydroxylation is 2. The van der Waals surface area contributed by atoms with Gasteiger partial charge in [0.25, 0.3) is 0 Å². The summed E-state index contributed by atoms with van der Waals surface area (Å²) in [5.74, 6) is 0. The van der Waals surface area contributed by atoms with E-state index in [-0.39, 0.29) is 0 Å². The van der Waals surface area contributed by atoms with Gasteiger partial charge in [0.15, 0.2) is 4.96 Å². The molecule has 2 rings (SSSR count). The second-order valence-corrected chi connectivity index (χ2v) is 5.55. The fourth-order valence-corrected chi connectivity index (χ4v) is 3.11. The summed E-state index contributed by atoms with van der Waals surface area (Å²) in [4.78, 5) is 5.71. The van der Waals surface area contributed by atoms with Gasteiger partial charge >= 0.3 is 0 Å². The lowest BCUT2D eigenvalue weighted by Gasteiger charge is -2.12. The highest BCUT2D eigenvalue weighted by atomic mass is 32.1. The average molecular weight is 251 g/mol. The van der Waals surface area contributed by atoms with E-state index in [1.807, 2.05) is 0 Å². The van der Waals surface area contributed by atoms with Crippen LogP contribution in [0.4, 0.5) is 0 Å². The lowest BCUT2D eigenvalue weighted by molar-refractivity contribution is 0.502. The Kier molecular flexibility index (Phi) is 3.84. The predicted octanol–water partition coefficient (Wildman–Crippen LogP) is 3.29. The first-order chi connectivity index (χ1) is 8.13. The van der Waals surface area contributed by atoms with Gasteiger partial charge in [-0.25, -0.2) is 4.98 Å². The number of rotatable bonds is 5. The van der Waals surface area contributed by atoms with E-state index in [0.29, 0.717) is 6.04 Å². The Morgan fingerprint density at radius 2 is 2.24 bits per heavy atom. The maximum atomic E-state index is 4.60. The average Bonchev–Trinajstić information content (AvgIpc) is 2.77. The van der Waals surface area contributed by atoms with Crippen LogP contribution < -0.4 is 5.32 Å². The summed E-state index contributed by atoms with van der Waals surface area (Å²) in [6, 6.07) is 0.573. The molecular formula is C13H21N3S. The standard InChI is InChI=1S/C13H21N3S/c1-5-6-9(2)14-7-12-11(4)15-13-16(12)10(3)8-17-13/h8-9,14H,5-7H2,1-4H3. The lowest BCUT2D eigenvalue weighted by atomic mass is 10.2. The van der Waals surface area contributed by atoms with Crippen LogP contribution in [0.1, 0.15) is 43.8 Å². The first-order valence-corrected chi connectivity index (χ1v) is 7.16. The van der Waals surface area contributed by atoms with Crippen molar-refractivity contribution < 1.29 is 0 Å². The van der Waals surface area contributed by atoms with Crippen molar-refractivity contribution >= 4 is 16.3 Å². The third kappa shape index (κ3) is 2.53. The van der Waals surface area contributed by atoms with E-state index in [9.17, 15) is 0 Å². The maximum Gasteiger partial charge on any atom is 0.194 e. The van der Waals surface area contributed by atoms with Crippen LogP contribution in [0.25, 0.3) is 4.96 Å². The van der Waals surface area contributed by atoms with Crippen LogP contribution in [0.3, 0.4) is 0 Å². The zero-order chi connectivity index (χ0) is 12.4. The molecule has 0 bridgehead atoms. The second kappa shape index (κ2) is 5.19. The van der Waals surface area contributed by atoms with E-state index in [1.165, 1.54) is 24.2 Å². The summed E-state index contributed by atoms with van der Waals surface area (Å²) in [7, 11) is 0. The molecule has 0 aliphatic heterocycles. The quantitative estimate of drug-likeness (QED) is 0.883. The number of hydrogen-bond acceptors (Lipinski definition) is 3. The first kappa shape index (κ1) is 12.6. The topological polar surface area (TPSA) is 29.3 Å². The molecule has 4 heteroatoms. The SMILES string of the molecule is CCCC(C)NCc1c(C)nc2scc(C)n12. The van der Waals surface area contributed by atoms with Crippen molar-refractivity contribution in [2.45, 2.75) is 53.1 Å². The van der Waals surface area contributed by atoms with Gasteiger partial charge < -0.3 is 5.32 Å². The number of imidazole rings is 1. The van der Waals surface area contributed by atoms with Crippen molar-refractivity contribution in [2.24, 2.45) is 0 Å². The molecule has 0 radical (unpaired) electrons. The highest BCUT2D eigenvalue weighted by molar-refractivity contribution is 7.15. The van der Waals surface area contributed by atoms with Crippen molar-refractivity contribution in [1.29, 1.82) is 0 Å². The summed E-state index contributed by atoms with van der Waals surface area (Å²) >= 11 is 1.72. The fraction of sp³-hybridized carbons (Fsp3) is 0.615. The summed E-state index contributed by atoms with van der Waals surface area (Å²) in [5, 5.41) is 5.75. The molecule has 1 N–H and O–H groups in total. The summed E-state index contributed by atoms with van der Waals surface area (Å²) in [6.07, 6.45) is 2.45. The largest absolute Gasteiger partial charge is 0.309 e. The molecule has 17 heavy (non-hydrogen) atoms. The van der Waals surface area contributed by atoms with Gasteiger partial charge in [0.1, 0.15) is 0 Å². The third-order valence-corrected chi connectivity index (χ3v) is 4.11. The van der Waals surface area contributed by atoms with Gasteiger partial charge in [-0.2, -0.15) is 0 Å². The molecule has 0 spiro atoms. The summed E-state index contributed by atoms with van der Waals surface area (Å²) in [6.45, 7) is 9.62. The van der Waals surface area contributed by atoms with Crippen LogP contribution in [-0.2, 0) is 6.54 Å². The van der Waals surface area contributed by atoms with Crippen LogP contribution in [0.2, 0.25) is 0 Å². The van der Waals surface area contributed by atoms with Crippen molar-refractivity contribution in [3.63, 3.8) is 0 Å². The van der Waals surface area contributed by atoms with Gasteiger partial charge in [0.05, 0.1) is 11.4 Å². The predicted molar refractivity (Wildman–Crippen MR) is 73.8 cm³/mol. The van der Waals surface area contributed by atoms with Gasteiger partial charge in [-0.05, 0) is 27.2 Å². The van der Waals surface area contributed by atoms with Gasteiger partial charge in [-0.3, -0.25) is 4.40 Å². The van der Waals surface area contributed by atoms with Crippen molar-refractivity contribution in [3.05, 3.63) is 22.5 Å². The molecular weight excluding hydrogens is 230 g/mol. The molecule has 0 saturated carbocycles. The number of nitrogens with one attached hydrogen (secondary N) is 1. The number of aromatic nitrogens is 2. The van der Waals surface area contributed by atoms with Crippen LogP contribution in [0, 0.1) is 13.8 Å². The number of fused-ring (bicyclic) bond motifs is 1. The summed E-state index contributed by atoms with van der Waals surface area (Å²) < 4.78 is 2.27. The molecule has 1 unspecified atom stereocenters. The van der Waals surface area contributed by atoms with Gasteiger partial charge in [0.2, 0.25) is 0 Å². The van der Waals surface area contributed by atoms with Gasteiger partial charge in [-0.1, -0.05) is 13.3 Å². The number of hydrogen-bond donors (Lipinski definition) is 1. The minimum Gasteiger partial charge on any atom is -0.309 e. The Morgan fingerprint density at radius 1 is 1.47 bits per heavy atom. The highest BCUT2D eigenvalue weighted by Crippen LogP contribution is 2.20. The number of nitrogens with zero attached hydrogens (tertiary/aromatic N) is 2. The molecule has 0 amide bonds. The van der Waals surface area contributed by atoms with E-state index < -0.39 is 0 Å². The van der Waals surface area contributed by atoms with E-state index >= 15 is 0 Å². The van der Waals surface area contributed by atoms with Crippen LogP contribution in [0.15, 0.2) is 5.38 Å². The van der Waals surface area contributed by atoms with Crippen molar-refractivity contribution in [2.75, 3.05) is 0 Å². The van der Waals surface area contributed by atoms with Crippen molar-refractivity contribution in [3.8, 4) is 0 Å². The monoisotopic (exact) mass is 251 g/mol. The van der Waals surface area contributed by atoms with Crippen LogP contribution in [-0.4, -0.2) is 15.4 Å². The summed E-state index contributed by atoms with van der Waals surface area (Å²) in [5.41, 5.74) is 3.74. The molecule has 3 nitrogen and oxygen atoms in total. The number of thiazole rings is 1. The molecule has 2 aromatic rings. The van der Waals surface area contributed by atoms with E-state index in [4.69, 9.17) is 0 Å². The highest BCUT2D eigenvalue weighted by Gasteiger charge is 2.12. The Labute approximate surface area is 107 Å². The third-order valence-electron chi connectivity index (χ3n) is 3.17. The molecule has 94 valence electrons. The minimum absolute atomic E-state index is 0.573. The molecule has 2 heterocycles. The van der Waals surface area contributed by atoms with Gasteiger partial charge in [0, 0.05) is 23.7 Å². The molecule has 1 atom stereocenters. The van der Waals surface area contributed by atoms with Crippen molar-refractivity contribution in [1.82, 2.24) is 14.7 Å². The van der Waals surface area contributed by atoms with Crippen LogP contribution in [0.5, 0.6) is 0 Å². The molecule has 0 aliphatic rings. The molecule has 0 saturated heterocycles. The van der Waals surface area contributed by atoms with Crippen LogP contribution >= 0.6 is 11.3 Å². The molecule has 2 aromatic heterocycles. The zero-order valence-electron chi connectivity index (χ0n) is 11.1. The lowest BCUT2D eigenvalue weighted by Crippen LogP contribution is -2.26. The van der Waals surface area contributed by atoms with E-state index in [0.717, 1.165) is 17.2 Å². The Morgan fingerprint density at radius 3 is 2.94 bits per heavy atom. The maximum absolute atomic E-state index is 4.60. The molecule has 0 aromatic carbocycles.